The summed E-state index contributed by atoms with van der Waals surface area (Å²) in [5, 5.41) is 18.9. The smallest absolute Gasteiger partial charge is 0.305 e. The van der Waals surface area contributed by atoms with Crippen LogP contribution in [0, 0.1) is 0 Å². The van der Waals surface area contributed by atoms with Gasteiger partial charge in [0.25, 0.3) is 0 Å². The van der Waals surface area contributed by atoms with Gasteiger partial charge in [0.2, 0.25) is 0 Å². The SMILES string of the molecule is CC(=O)Cc1ccc2c(c1)C1(CCCCC1)C(/C=C/C=C/C=C1/N(CCC(=O)O)c3ccccc3C1(C)C)N2CCC(=O)O. The lowest BCUT2D eigenvalue weighted by Gasteiger charge is -2.41. The van der Waals surface area contributed by atoms with Gasteiger partial charge in [-0.25, -0.2) is 0 Å². The Hall–Kier alpha value is -4.13. The van der Waals surface area contributed by atoms with Crippen LogP contribution in [0.3, 0.4) is 0 Å². The normalized spacial score (nSPS) is 21.0. The maximum atomic E-state index is 11.9. The van der Waals surface area contributed by atoms with Crippen LogP contribution in [0.4, 0.5) is 11.4 Å². The number of carboxylic acids is 2. The Balaban J connectivity index is 1.46. The average Bonchev–Trinajstić information content (AvgIpc) is 3.34. The minimum Gasteiger partial charge on any atom is -0.481 e. The zero-order valence-electron chi connectivity index (χ0n) is 26.1. The number of para-hydroxylation sites is 1. The van der Waals surface area contributed by atoms with Crippen LogP contribution in [-0.4, -0.2) is 47.1 Å². The highest BCUT2D eigenvalue weighted by Gasteiger charge is 2.50. The van der Waals surface area contributed by atoms with Crippen LogP contribution < -0.4 is 9.80 Å². The standard InChI is InChI=1S/C37H44N2O5/c1-26(40)24-27-16-17-31-29(25-27)37(20-10-5-11-21-37)33(39(31)23-19-35(43)44)15-7-4-6-14-32-36(2,3)28-12-8-9-13-30(28)38(32)22-18-34(41)42/h4,6-9,12-17,25,33H,5,10-11,18-24H2,1-3H3,(H,41,42)(H,43,44)/b6-4+,15-7+,32-14+. The molecule has 232 valence electrons. The van der Waals surface area contributed by atoms with Crippen molar-refractivity contribution in [3.63, 3.8) is 0 Å². The molecule has 0 radical (unpaired) electrons. The minimum atomic E-state index is -0.819. The van der Waals surface area contributed by atoms with Crippen molar-refractivity contribution in [2.24, 2.45) is 0 Å². The number of carbonyl (C=O) groups is 3. The van der Waals surface area contributed by atoms with Crippen LogP contribution in [0.25, 0.3) is 0 Å². The highest BCUT2D eigenvalue weighted by Crippen LogP contribution is 2.54. The highest BCUT2D eigenvalue weighted by atomic mass is 16.4. The summed E-state index contributed by atoms with van der Waals surface area (Å²) in [4.78, 5) is 39.4. The molecule has 0 aromatic heterocycles. The van der Waals surface area contributed by atoms with E-state index in [-0.39, 0.29) is 35.5 Å². The van der Waals surface area contributed by atoms with Crippen LogP contribution in [0.5, 0.6) is 0 Å². The lowest BCUT2D eigenvalue weighted by Crippen LogP contribution is -2.45. The van der Waals surface area contributed by atoms with E-state index in [1.807, 2.05) is 30.4 Å². The Morgan fingerprint density at radius 3 is 2.27 bits per heavy atom. The van der Waals surface area contributed by atoms with Crippen LogP contribution >= 0.6 is 0 Å². The molecule has 1 unspecified atom stereocenters. The van der Waals surface area contributed by atoms with Crippen LogP contribution in [0.2, 0.25) is 0 Å². The molecule has 44 heavy (non-hydrogen) atoms. The van der Waals surface area contributed by atoms with Crippen molar-refractivity contribution in [2.75, 3.05) is 22.9 Å². The van der Waals surface area contributed by atoms with Crippen molar-refractivity contribution in [3.8, 4) is 0 Å². The Kier molecular flexibility index (Phi) is 9.14. The molecule has 2 heterocycles. The number of rotatable bonds is 11. The molecule has 5 rings (SSSR count). The van der Waals surface area contributed by atoms with Gasteiger partial charge in [0.15, 0.2) is 0 Å². The van der Waals surface area contributed by atoms with Crippen molar-refractivity contribution in [2.45, 2.75) is 89.0 Å². The van der Waals surface area contributed by atoms with Crippen molar-refractivity contribution in [3.05, 3.63) is 95.2 Å². The minimum absolute atomic E-state index is 0.0151. The second-order valence-corrected chi connectivity index (χ2v) is 13.0. The molecule has 0 bridgehead atoms. The summed E-state index contributed by atoms with van der Waals surface area (Å²) in [6.45, 7) is 6.78. The van der Waals surface area contributed by atoms with E-state index in [2.05, 4.69) is 66.1 Å². The monoisotopic (exact) mass is 596 g/mol. The second kappa shape index (κ2) is 12.8. The summed E-state index contributed by atoms with van der Waals surface area (Å²) >= 11 is 0. The lowest BCUT2D eigenvalue weighted by molar-refractivity contribution is -0.137. The molecule has 2 aromatic rings. The summed E-state index contributed by atoms with van der Waals surface area (Å²) < 4.78 is 0. The van der Waals surface area contributed by atoms with Crippen molar-refractivity contribution < 1.29 is 24.6 Å². The van der Waals surface area contributed by atoms with Gasteiger partial charge in [-0.1, -0.05) is 87.7 Å². The van der Waals surface area contributed by atoms with Crippen molar-refractivity contribution >= 4 is 29.1 Å². The molecule has 1 atom stereocenters. The number of nitrogens with zero attached hydrogens (tertiary/aromatic N) is 2. The van der Waals surface area contributed by atoms with Crippen molar-refractivity contribution in [1.82, 2.24) is 0 Å². The molecule has 7 nitrogen and oxygen atoms in total. The fraction of sp³-hybridized carbons (Fsp3) is 0.432. The van der Waals surface area contributed by atoms with E-state index < -0.39 is 11.9 Å². The van der Waals surface area contributed by atoms with Gasteiger partial charge in [-0.15, -0.1) is 0 Å². The maximum absolute atomic E-state index is 11.9. The second-order valence-electron chi connectivity index (χ2n) is 13.0. The Labute approximate surface area is 260 Å². The number of hydrogen-bond donors (Lipinski definition) is 2. The molecule has 2 aliphatic heterocycles. The molecule has 2 N–H and O–H groups in total. The van der Waals surface area contributed by atoms with E-state index in [0.29, 0.717) is 19.5 Å². The molecule has 3 aliphatic rings. The van der Waals surface area contributed by atoms with Gasteiger partial charge in [0, 0.05) is 47.4 Å². The first-order chi connectivity index (χ1) is 21.0. The van der Waals surface area contributed by atoms with Gasteiger partial charge >= 0.3 is 11.9 Å². The van der Waals surface area contributed by atoms with Crippen LogP contribution in [0.1, 0.15) is 82.4 Å². The van der Waals surface area contributed by atoms with E-state index in [4.69, 9.17) is 0 Å². The topological polar surface area (TPSA) is 98.2 Å². The third-order valence-corrected chi connectivity index (χ3v) is 9.69. The Bertz CT molecular complexity index is 1510. The number of allylic oxidation sites excluding steroid dienone is 5. The van der Waals surface area contributed by atoms with E-state index in [1.54, 1.807) is 6.92 Å². The van der Waals surface area contributed by atoms with E-state index >= 15 is 0 Å². The Morgan fingerprint density at radius 2 is 1.57 bits per heavy atom. The number of hydrogen-bond acceptors (Lipinski definition) is 5. The largest absolute Gasteiger partial charge is 0.481 e. The number of fused-ring (bicyclic) bond motifs is 3. The molecule has 1 aliphatic carbocycles. The zero-order valence-corrected chi connectivity index (χ0v) is 26.1. The molecule has 0 amide bonds. The number of ketones is 1. The lowest BCUT2D eigenvalue weighted by atomic mass is 9.66. The number of benzene rings is 2. The predicted octanol–water partition coefficient (Wildman–Crippen LogP) is 6.95. The van der Waals surface area contributed by atoms with Crippen molar-refractivity contribution in [1.29, 1.82) is 0 Å². The summed E-state index contributed by atoms with van der Waals surface area (Å²) in [7, 11) is 0. The van der Waals surface area contributed by atoms with Crippen LogP contribution in [0.15, 0.2) is 78.5 Å². The molecular weight excluding hydrogens is 552 g/mol. The van der Waals surface area contributed by atoms with Gasteiger partial charge in [0.05, 0.1) is 18.9 Å². The fourth-order valence-electron chi connectivity index (χ4n) is 7.72. The molecule has 0 saturated heterocycles. The van der Waals surface area contributed by atoms with Gasteiger partial charge < -0.3 is 20.0 Å². The van der Waals surface area contributed by atoms with E-state index in [0.717, 1.165) is 48.3 Å². The quantitative estimate of drug-likeness (QED) is 0.271. The molecule has 7 heteroatoms. The van der Waals surface area contributed by atoms with Gasteiger partial charge in [-0.05, 0) is 54.7 Å². The van der Waals surface area contributed by atoms with E-state index in [9.17, 15) is 24.6 Å². The summed E-state index contributed by atoms with van der Waals surface area (Å²) in [5.41, 5.74) is 6.25. The first-order valence-electron chi connectivity index (χ1n) is 15.8. The average molecular weight is 597 g/mol. The third-order valence-electron chi connectivity index (χ3n) is 9.69. The zero-order chi connectivity index (χ0) is 31.5. The van der Waals surface area contributed by atoms with Gasteiger partial charge in [0.1, 0.15) is 5.78 Å². The number of Topliss-reactive ketones (excluding diaryl/α,β-unsaturated/α-hetero) is 1. The third kappa shape index (κ3) is 6.10. The number of aliphatic carboxylic acids is 2. The molecule has 2 aromatic carbocycles. The molecular formula is C37H44N2O5. The molecule has 1 spiro atoms. The van der Waals surface area contributed by atoms with Gasteiger partial charge in [-0.3, -0.25) is 14.4 Å². The predicted molar refractivity (Wildman–Crippen MR) is 174 cm³/mol. The summed E-state index contributed by atoms with van der Waals surface area (Å²) in [5.74, 6) is -1.50. The number of carboxylic acid groups (broad SMARTS) is 2. The summed E-state index contributed by atoms with van der Waals surface area (Å²) in [6.07, 6.45) is 16.4. The first kappa shape index (κ1) is 31.3. The maximum Gasteiger partial charge on any atom is 0.305 e. The number of carbonyl (C=O) groups excluding carboxylic acids is 1. The molecule has 1 saturated carbocycles. The fourth-order valence-corrected chi connectivity index (χ4v) is 7.72. The number of anilines is 2. The Morgan fingerprint density at radius 1 is 0.864 bits per heavy atom. The molecule has 1 fully saturated rings. The van der Waals surface area contributed by atoms with E-state index in [1.165, 1.54) is 17.5 Å². The first-order valence-corrected chi connectivity index (χ1v) is 15.8. The summed E-state index contributed by atoms with van der Waals surface area (Å²) in [6, 6.07) is 14.5. The van der Waals surface area contributed by atoms with Crippen LogP contribution in [-0.2, 0) is 31.6 Å². The highest BCUT2D eigenvalue weighted by molar-refractivity contribution is 5.79. The van der Waals surface area contributed by atoms with Gasteiger partial charge in [-0.2, -0.15) is 0 Å².